The average molecular weight is 416 g/mol. The standard InChI is InChI=1S/C23H25N7O/c1-17-3-2-4-18(11-17)13-26-28-20-12-19(29-7-9-31-10-8-29)21-22(27-20)30(16-25-21)15-23(14-24)5-6-23/h2-4,11-13,16H,5-10,15H2,1H3,(H,27,28)/b26-13+. The highest BCUT2D eigenvalue weighted by atomic mass is 16.5. The molecule has 0 bridgehead atoms. The summed E-state index contributed by atoms with van der Waals surface area (Å²) < 4.78 is 7.53. The van der Waals surface area contributed by atoms with Gasteiger partial charge in [0.2, 0.25) is 0 Å². The van der Waals surface area contributed by atoms with E-state index in [1.54, 1.807) is 12.5 Å². The van der Waals surface area contributed by atoms with E-state index < -0.39 is 0 Å². The molecule has 1 saturated carbocycles. The molecule has 0 spiro atoms. The zero-order valence-corrected chi connectivity index (χ0v) is 17.6. The first kappa shape index (κ1) is 19.5. The lowest BCUT2D eigenvalue weighted by atomic mass is 10.1. The largest absolute Gasteiger partial charge is 0.378 e. The number of benzene rings is 1. The first-order valence-corrected chi connectivity index (χ1v) is 10.6. The molecule has 3 aromatic rings. The van der Waals surface area contributed by atoms with Crippen molar-refractivity contribution in [2.45, 2.75) is 26.3 Å². The SMILES string of the molecule is Cc1cccc(/C=N/Nc2cc(N3CCOCC3)c3ncn(CC4(C#N)CC4)c3n2)c1. The van der Waals surface area contributed by atoms with Crippen LogP contribution < -0.4 is 10.3 Å². The van der Waals surface area contributed by atoms with E-state index in [0.717, 1.165) is 48.3 Å². The van der Waals surface area contributed by atoms with Crippen molar-refractivity contribution in [2.75, 3.05) is 36.6 Å². The average Bonchev–Trinajstić information content (AvgIpc) is 3.46. The van der Waals surface area contributed by atoms with Crippen LogP contribution in [0, 0.1) is 23.7 Å². The number of rotatable bonds is 6. The lowest BCUT2D eigenvalue weighted by Gasteiger charge is -2.29. The van der Waals surface area contributed by atoms with Gasteiger partial charge in [0.25, 0.3) is 0 Å². The summed E-state index contributed by atoms with van der Waals surface area (Å²) in [4.78, 5) is 11.7. The number of aromatic nitrogens is 3. The molecule has 2 fully saturated rings. The Bertz CT molecular complexity index is 1170. The molecule has 31 heavy (non-hydrogen) atoms. The number of nitrogens with zero attached hydrogens (tertiary/aromatic N) is 6. The summed E-state index contributed by atoms with van der Waals surface area (Å²) in [7, 11) is 0. The van der Waals surface area contributed by atoms with Gasteiger partial charge >= 0.3 is 0 Å². The molecule has 1 aliphatic heterocycles. The molecule has 0 radical (unpaired) electrons. The maximum Gasteiger partial charge on any atom is 0.164 e. The van der Waals surface area contributed by atoms with Crippen LogP contribution >= 0.6 is 0 Å². The lowest BCUT2D eigenvalue weighted by Crippen LogP contribution is -2.36. The minimum atomic E-state index is -0.277. The predicted molar refractivity (Wildman–Crippen MR) is 120 cm³/mol. The van der Waals surface area contributed by atoms with E-state index in [0.29, 0.717) is 25.6 Å². The normalized spacial score (nSPS) is 17.7. The Morgan fingerprint density at radius 2 is 2.13 bits per heavy atom. The van der Waals surface area contributed by atoms with Gasteiger partial charge in [-0.15, -0.1) is 0 Å². The van der Waals surface area contributed by atoms with Gasteiger partial charge in [0.1, 0.15) is 5.52 Å². The van der Waals surface area contributed by atoms with E-state index >= 15 is 0 Å². The van der Waals surface area contributed by atoms with Crippen LogP contribution in [0.2, 0.25) is 0 Å². The Kier molecular flexibility index (Phi) is 5.04. The van der Waals surface area contributed by atoms with Crippen molar-refractivity contribution < 1.29 is 4.74 Å². The van der Waals surface area contributed by atoms with Gasteiger partial charge in [0.05, 0.1) is 42.9 Å². The molecule has 2 aromatic heterocycles. The molecule has 1 N–H and O–H groups in total. The van der Waals surface area contributed by atoms with Crippen molar-refractivity contribution in [1.82, 2.24) is 14.5 Å². The Balaban J connectivity index is 1.48. The topological polar surface area (TPSA) is 91.4 Å². The zero-order valence-electron chi connectivity index (χ0n) is 17.6. The molecule has 1 aliphatic carbocycles. The highest BCUT2D eigenvalue weighted by Crippen LogP contribution is 2.46. The quantitative estimate of drug-likeness (QED) is 0.491. The maximum atomic E-state index is 9.53. The van der Waals surface area contributed by atoms with Gasteiger partial charge in [0, 0.05) is 25.7 Å². The third-order valence-electron chi connectivity index (χ3n) is 5.90. The summed E-state index contributed by atoms with van der Waals surface area (Å²) in [6.07, 6.45) is 5.45. The van der Waals surface area contributed by atoms with Crippen LogP contribution in [0.15, 0.2) is 41.8 Å². The molecule has 3 heterocycles. The summed E-state index contributed by atoms with van der Waals surface area (Å²) in [6.45, 7) is 5.67. The summed E-state index contributed by atoms with van der Waals surface area (Å²) >= 11 is 0. The first-order valence-electron chi connectivity index (χ1n) is 10.6. The van der Waals surface area contributed by atoms with Crippen LogP contribution in [0.25, 0.3) is 11.2 Å². The number of imidazole rings is 1. The molecule has 5 rings (SSSR count). The van der Waals surface area contributed by atoms with E-state index in [1.807, 2.05) is 22.8 Å². The number of hydrogen-bond donors (Lipinski definition) is 1. The van der Waals surface area contributed by atoms with Crippen molar-refractivity contribution in [3.05, 3.63) is 47.8 Å². The third kappa shape index (κ3) is 4.09. The fourth-order valence-corrected chi connectivity index (χ4v) is 3.94. The van der Waals surface area contributed by atoms with Crippen LogP contribution in [0.3, 0.4) is 0 Å². The molecule has 1 aromatic carbocycles. The van der Waals surface area contributed by atoms with Crippen molar-refractivity contribution in [2.24, 2.45) is 10.5 Å². The molecule has 158 valence electrons. The predicted octanol–water partition coefficient (Wildman–Crippen LogP) is 3.33. The number of hydrazone groups is 1. The second-order valence-electron chi connectivity index (χ2n) is 8.35. The van der Waals surface area contributed by atoms with E-state index in [1.165, 1.54) is 5.56 Å². The highest BCUT2D eigenvalue weighted by molar-refractivity contribution is 5.89. The zero-order chi connectivity index (χ0) is 21.3. The number of ether oxygens (including phenoxy) is 1. The minimum Gasteiger partial charge on any atom is -0.378 e. The summed E-state index contributed by atoms with van der Waals surface area (Å²) in [5, 5.41) is 13.9. The smallest absolute Gasteiger partial charge is 0.164 e. The molecular formula is C23H25N7O. The molecule has 2 aliphatic rings. The van der Waals surface area contributed by atoms with Crippen LogP contribution in [-0.2, 0) is 11.3 Å². The van der Waals surface area contributed by atoms with E-state index in [4.69, 9.17) is 9.72 Å². The Morgan fingerprint density at radius 1 is 1.29 bits per heavy atom. The van der Waals surface area contributed by atoms with Crippen LogP contribution in [0.5, 0.6) is 0 Å². The van der Waals surface area contributed by atoms with Crippen molar-refractivity contribution in [3.63, 3.8) is 0 Å². The molecule has 1 saturated heterocycles. The van der Waals surface area contributed by atoms with Crippen LogP contribution in [-0.4, -0.2) is 47.1 Å². The van der Waals surface area contributed by atoms with Gasteiger partial charge in [-0.05, 0) is 25.3 Å². The summed E-state index contributed by atoms with van der Waals surface area (Å²) in [5.41, 5.74) is 7.67. The number of nitriles is 1. The molecule has 0 amide bonds. The van der Waals surface area contributed by atoms with Crippen molar-refractivity contribution >= 4 is 28.9 Å². The molecule has 0 unspecified atom stereocenters. The van der Waals surface area contributed by atoms with Gasteiger partial charge in [-0.25, -0.2) is 9.97 Å². The second kappa shape index (κ2) is 8.00. The highest BCUT2D eigenvalue weighted by Gasteiger charge is 2.43. The lowest BCUT2D eigenvalue weighted by molar-refractivity contribution is 0.123. The third-order valence-corrected chi connectivity index (χ3v) is 5.90. The van der Waals surface area contributed by atoms with Crippen LogP contribution in [0.1, 0.15) is 24.0 Å². The van der Waals surface area contributed by atoms with E-state index in [2.05, 4.69) is 45.5 Å². The van der Waals surface area contributed by atoms with Crippen molar-refractivity contribution in [1.29, 1.82) is 5.26 Å². The Morgan fingerprint density at radius 3 is 2.87 bits per heavy atom. The molecule has 0 atom stereocenters. The van der Waals surface area contributed by atoms with Gasteiger partial charge in [0.15, 0.2) is 11.5 Å². The number of aryl methyl sites for hydroxylation is 1. The monoisotopic (exact) mass is 415 g/mol. The molecular weight excluding hydrogens is 390 g/mol. The van der Waals surface area contributed by atoms with E-state index in [-0.39, 0.29) is 5.41 Å². The Labute approximate surface area is 181 Å². The van der Waals surface area contributed by atoms with Gasteiger partial charge in [-0.2, -0.15) is 10.4 Å². The van der Waals surface area contributed by atoms with Crippen molar-refractivity contribution in [3.8, 4) is 6.07 Å². The number of fused-ring (bicyclic) bond motifs is 1. The molecule has 8 nitrogen and oxygen atoms in total. The number of hydrogen-bond acceptors (Lipinski definition) is 7. The van der Waals surface area contributed by atoms with E-state index in [9.17, 15) is 5.26 Å². The number of nitrogens with one attached hydrogen (secondary N) is 1. The number of pyridine rings is 1. The van der Waals surface area contributed by atoms with Crippen LogP contribution in [0.4, 0.5) is 11.5 Å². The summed E-state index contributed by atoms with van der Waals surface area (Å²) in [6, 6.07) is 12.6. The Hall–Kier alpha value is -3.44. The fourth-order valence-electron chi connectivity index (χ4n) is 3.94. The van der Waals surface area contributed by atoms with Gasteiger partial charge < -0.3 is 14.2 Å². The number of morpholine rings is 1. The molecule has 8 heteroatoms. The summed E-state index contributed by atoms with van der Waals surface area (Å²) in [5.74, 6) is 0.654. The van der Waals surface area contributed by atoms with Gasteiger partial charge in [-0.3, -0.25) is 5.43 Å². The minimum absolute atomic E-state index is 0.277. The fraction of sp³-hybridized carbons (Fsp3) is 0.391. The number of anilines is 2. The maximum absolute atomic E-state index is 9.53. The van der Waals surface area contributed by atoms with Gasteiger partial charge in [-0.1, -0.05) is 29.8 Å². The second-order valence-corrected chi connectivity index (χ2v) is 8.35. The first-order chi connectivity index (χ1) is 15.2.